The van der Waals surface area contributed by atoms with E-state index in [1.807, 2.05) is 0 Å². The van der Waals surface area contributed by atoms with Gasteiger partial charge in [-0.15, -0.1) is 0 Å². The molecule has 0 saturated carbocycles. The van der Waals surface area contributed by atoms with E-state index in [4.69, 9.17) is 36.7 Å². The van der Waals surface area contributed by atoms with E-state index in [-0.39, 0.29) is 158 Å². The van der Waals surface area contributed by atoms with Crippen LogP contribution in [0.5, 0.6) is 0 Å². The SMILES string of the molecule is S=c1[nH]c(=S)[nH]c(=S)[nH]1.[H-].[H-].[H-].[K+].[K+].[K+]. The maximum absolute atomic E-state index is 4.72. The van der Waals surface area contributed by atoms with Crippen molar-refractivity contribution in [3.63, 3.8) is 0 Å². The van der Waals surface area contributed by atoms with E-state index in [0.717, 1.165) is 0 Å². The molecule has 1 heterocycles. The standard InChI is InChI=1S/C3H3N3S3.3K.3H/c7-1-4-2(8)6-3(9)5-1;;;;;;/h(H3,4,5,6,7,8,9);;;;;;/q;3*+1;3*-1. The van der Waals surface area contributed by atoms with Crippen molar-refractivity contribution in [3.05, 3.63) is 14.3 Å². The molecule has 0 radical (unpaired) electrons. The first kappa shape index (κ1) is 21.8. The number of rotatable bonds is 0. The normalized spacial score (nSPS) is 7.00. The van der Waals surface area contributed by atoms with Gasteiger partial charge in [-0.3, -0.25) is 0 Å². The fraction of sp³-hybridized carbons (Fsp3) is 0. The smallest absolute Gasteiger partial charge is 1.00 e. The predicted molar refractivity (Wildman–Crippen MR) is 45.3 cm³/mol. The molecule has 0 atom stereocenters. The zero-order chi connectivity index (χ0) is 6.85. The second-order valence-electron chi connectivity index (χ2n) is 1.36. The van der Waals surface area contributed by atoms with Gasteiger partial charge in [0.15, 0.2) is 14.3 Å². The molecule has 0 unspecified atom stereocenters. The van der Waals surface area contributed by atoms with Gasteiger partial charge >= 0.3 is 154 Å². The molecule has 0 bridgehead atoms. The van der Waals surface area contributed by atoms with Gasteiger partial charge < -0.3 is 19.2 Å². The van der Waals surface area contributed by atoms with Crippen LogP contribution < -0.4 is 154 Å². The molecule has 12 heavy (non-hydrogen) atoms. The molecule has 0 aliphatic rings. The van der Waals surface area contributed by atoms with Crippen molar-refractivity contribution >= 4 is 36.7 Å². The monoisotopic (exact) mass is 297 g/mol. The molecule has 0 fully saturated rings. The van der Waals surface area contributed by atoms with Crippen molar-refractivity contribution in [2.75, 3.05) is 0 Å². The average molecular weight is 298 g/mol. The van der Waals surface area contributed by atoms with Gasteiger partial charge in [0.1, 0.15) is 0 Å². The summed E-state index contributed by atoms with van der Waals surface area (Å²) >= 11 is 14.2. The Morgan fingerprint density at radius 1 is 0.667 bits per heavy atom. The third-order valence-electron chi connectivity index (χ3n) is 0.681. The van der Waals surface area contributed by atoms with Crippen LogP contribution in [-0.4, -0.2) is 15.0 Å². The Hall–Kier alpha value is 4.58. The minimum absolute atomic E-state index is 0. The molecule has 0 saturated heterocycles. The molecule has 0 amide bonds. The van der Waals surface area contributed by atoms with E-state index in [1.54, 1.807) is 0 Å². The Bertz CT molecular complexity index is 297. The summed E-state index contributed by atoms with van der Waals surface area (Å²) in [6.45, 7) is 0. The molecule has 0 aliphatic heterocycles. The van der Waals surface area contributed by atoms with Crippen LogP contribution in [0.1, 0.15) is 4.28 Å². The topological polar surface area (TPSA) is 47.4 Å². The third kappa shape index (κ3) is 9.78. The summed E-state index contributed by atoms with van der Waals surface area (Å²) in [5, 5.41) is 0. The van der Waals surface area contributed by atoms with Crippen molar-refractivity contribution < 1.29 is 158 Å². The van der Waals surface area contributed by atoms with Crippen LogP contribution in [0.4, 0.5) is 0 Å². The van der Waals surface area contributed by atoms with Gasteiger partial charge in [0, 0.05) is 0 Å². The summed E-state index contributed by atoms with van der Waals surface area (Å²) in [6.07, 6.45) is 0. The summed E-state index contributed by atoms with van der Waals surface area (Å²) < 4.78 is 1.34. The number of aromatic nitrogens is 3. The molecular weight excluding hydrogens is 292 g/mol. The van der Waals surface area contributed by atoms with Crippen LogP contribution in [-0.2, 0) is 0 Å². The Balaban J connectivity index is -0.0000000337. The van der Waals surface area contributed by atoms with Crippen molar-refractivity contribution in [1.82, 2.24) is 15.0 Å². The Morgan fingerprint density at radius 3 is 1.00 bits per heavy atom. The summed E-state index contributed by atoms with van der Waals surface area (Å²) in [5.74, 6) is 0. The number of hydrogen-bond acceptors (Lipinski definition) is 3. The molecule has 0 aromatic carbocycles. The maximum atomic E-state index is 4.72. The number of hydrogen-bond donors (Lipinski definition) is 3. The first-order chi connectivity index (χ1) is 4.18. The first-order valence-corrected chi connectivity index (χ1v) is 3.34. The number of H-pyrrole nitrogens is 3. The van der Waals surface area contributed by atoms with Gasteiger partial charge in [-0.2, -0.15) is 0 Å². The van der Waals surface area contributed by atoms with Gasteiger partial charge in [0.25, 0.3) is 0 Å². The summed E-state index contributed by atoms with van der Waals surface area (Å²) in [6, 6.07) is 0. The molecule has 1 aromatic heterocycles. The third-order valence-corrected chi connectivity index (χ3v) is 1.29. The van der Waals surface area contributed by atoms with E-state index < -0.39 is 0 Å². The number of nitrogens with one attached hydrogen (secondary N) is 3. The number of aromatic amines is 3. The molecule has 9 heteroatoms. The van der Waals surface area contributed by atoms with Crippen LogP contribution in [0.15, 0.2) is 0 Å². The molecular formula is C3H6K3N3S3. The Morgan fingerprint density at radius 2 is 0.833 bits per heavy atom. The minimum atomic E-state index is 0. The quantitative estimate of drug-likeness (QED) is 0.330. The maximum Gasteiger partial charge on any atom is 1.00 e. The molecule has 3 N–H and O–H groups in total. The fourth-order valence-corrected chi connectivity index (χ4v) is 1.21. The largest absolute Gasteiger partial charge is 1.00 e. The first-order valence-electron chi connectivity index (χ1n) is 2.11. The van der Waals surface area contributed by atoms with E-state index in [2.05, 4.69) is 15.0 Å². The van der Waals surface area contributed by atoms with Crippen molar-refractivity contribution in [3.8, 4) is 0 Å². The van der Waals surface area contributed by atoms with Crippen molar-refractivity contribution in [2.24, 2.45) is 0 Å². The van der Waals surface area contributed by atoms with Crippen molar-refractivity contribution in [2.45, 2.75) is 0 Å². The second-order valence-corrected chi connectivity index (χ2v) is 2.59. The van der Waals surface area contributed by atoms with Gasteiger partial charge in [-0.05, 0) is 36.7 Å². The Kier molecular flexibility index (Phi) is 21.9. The van der Waals surface area contributed by atoms with Crippen LogP contribution in [0, 0.1) is 14.3 Å². The zero-order valence-corrected chi connectivity index (χ0v) is 19.0. The summed E-state index contributed by atoms with van der Waals surface area (Å²) in [4.78, 5) is 7.99. The molecule has 54 valence electrons. The molecule has 1 aromatic rings. The average Bonchev–Trinajstić information content (AvgIpc) is 1.59. The molecule has 3 nitrogen and oxygen atoms in total. The van der Waals surface area contributed by atoms with Crippen LogP contribution in [0.2, 0.25) is 0 Å². The second kappa shape index (κ2) is 12.0. The summed E-state index contributed by atoms with van der Waals surface area (Å²) in [5.41, 5.74) is 0. The van der Waals surface area contributed by atoms with Crippen LogP contribution in [0.25, 0.3) is 0 Å². The van der Waals surface area contributed by atoms with Gasteiger partial charge in [-0.1, -0.05) is 0 Å². The Labute approximate surface area is 217 Å². The van der Waals surface area contributed by atoms with Gasteiger partial charge in [0.05, 0.1) is 0 Å². The molecule has 0 aliphatic carbocycles. The van der Waals surface area contributed by atoms with Crippen molar-refractivity contribution in [1.29, 1.82) is 0 Å². The van der Waals surface area contributed by atoms with Crippen LogP contribution in [0.3, 0.4) is 0 Å². The molecule has 0 spiro atoms. The predicted octanol–water partition coefficient (Wildman–Crippen LogP) is -6.79. The minimum Gasteiger partial charge on any atom is -1.00 e. The summed E-state index contributed by atoms with van der Waals surface area (Å²) in [7, 11) is 0. The van der Waals surface area contributed by atoms with E-state index >= 15 is 0 Å². The zero-order valence-electron chi connectivity index (χ0n) is 10.2. The van der Waals surface area contributed by atoms with Gasteiger partial charge in [-0.25, -0.2) is 0 Å². The van der Waals surface area contributed by atoms with E-state index in [9.17, 15) is 0 Å². The van der Waals surface area contributed by atoms with Gasteiger partial charge in [0.2, 0.25) is 0 Å². The molecule has 1 rings (SSSR count). The van der Waals surface area contributed by atoms with E-state index in [0.29, 0.717) is 14.3 Å². The van der Waals surface area contributed by atoms with E-state index in [1.165, 1.54) is 0 Å². The fourth-order valence-electron chi connectivity index (χ4n) is 0.403. The van der Waals surface area contributed by atoms with Crippen LogP contribution >= 0.6 is 36.7 Å².